The third-order valence-electron chi connectivity index (χ3n) is 3.84. The normalized spacial score (nSPS) is 12.1. The maximum absolute atomic E-state index is 12.0. The lowest BCUT2D eigenvalue weighted by Crippen LogP contribution is -2.34. The van der Waals surface area contributed by atoms with Crippen LogP contribution in [0.3, 0.4) is 0 Å². The largest absolute Gasteiger partial charge is 0.503 e. The minimum Gasteiger partial charge on any atom is -0.503 e. The number of nitrogens with zero attached hydrogens (tertiary/aromatic N) is 2. The number of aromatic nitrogens is 1. The molecule has 5 heteroatoms. The molecule has 0 aliphatic rings. The minimum atomic E-state index is -0.425. The van der Waals surface area contributed by atoms with Gasteiger partial charge in [0.2, 0.25) is 5.43 Å². The van der Waals surface area contributed by atoms with Gasteiger partial charge in [-0.15, -0.1) is 0 Å². The molecule has 0 fully saturated rings. The average molecular weight is 310 g/mol. The van der Waals surface area contributed by atoms with E-state index in [-0.39, 0.29) is 17.9 Å². The second-order valence-electron chi connectivity index (χ2n) is 6.68. The van der Waals surface area contributed by atoms with Crippen LogP contribution in [0, 0.1) is 0 Å². The van der Waals surface area contributed by atoms with Crippen LogP contribution in [0.1, 0.15) is 58.8 Å². The van der Waals surface area contributed by atoms with Crippen molar-refractivity contribution >= 4 is 0 Å². The van der Waals surface area contributed by atoms with Gasteiger partial charge in [-0.25, -0.2) is 0 Å². The van der Waals surface area contributed by atoms with Gasteiger partial charge in [0.15, 0.2) is 5.75 Å². The molecule has 0 radical (unpaired) electrons. The number of pyridine rings is 1. The summed E-state index contributed by atoms with van der Waals surface area (Å²) in [5, 5.41) is 19.9. The first-order valence-electron chi connectivity index (χ1n) is 8.06. The van der Waals surface area contributed by atoms with Crippen molar-refractivity contribution in [1.29, 1.82) is 0 Å². The van der Waals surface area contributed by atoms with E-state index in [9.17, 15) is 15.0 Å². The molecule has 1 aromatic rings. The van der Waals surface area contributed by atoms with Crippen molar-refractivity contribution in [1.82, 2.24) is 9.47 Å². The van der Waals surface area contributed by atoms with Gasteiger partial charge >= 0.3 is 0 Å². The Morgan fingerprint density at radius 3 is 2.36 bits per heavy atom. The number of hydrogen-bond donors (Lipinski definition) is 2. The fourth-order valence-corrected chi connectivity index (χ4v) is 2.75. The summed E-state index contributed by atoms with van der Waals surface area (Å²) in [7, 11) is 0. The molecular formula is C17H30N2O3. The Labute approximate surface area is 133 Å². The minimum absolute atomic E-state index is 0.206. The van der Waals surface area contributed by atoms with E-state index >= 15 is 0 Å². The summed E-state index contributed by atoms with van der Waals surface area (Å²) in [6.07, 6.45) is 2.18. The van der Waals surface area contributed by atoms with Gasteiger partial charge in [-0.05, 0) is 40.3 Å². The fraction of sp³-hybridized carbons (Fsp3) is 0.706. The third kappa shape index (κ3) is 4.34. The summed E-state index contributed by atoms with van der Waals surface area (Å²) in [5.74, 6) is -0.206. The molecule has 0 atom stereocenters. The molecule has 2 N–H and O–H groups in total. The Morgan fingerprint density at radius 2 is 1.91 bits per heavy atom. The molecule has 0 aliphatic heterocycles. The zero-order valence-electron chi connectivity index (χ0n) is 14.5. The Morgan fingerprint density at radius 1 is 1.27 bits per heavy atom. The topological polar surface area (TPSA) is 65.7 Å². The van der Waals surface area contributed by atoms with Crippen LogP contribution in [0.25, 0.3) is 0 Å². The molecule has 0 bridgehead atoms. The molecular weight excluding hydrogens is 280 g/mol. The summed E-state index contributed by atoms with van der Waals surface area (Å²) in [4.78, 5) is 14.2. The first-order valence-corrected chi connectivity index (χ1v) is 8.06. The van der Waals surface area contributed by atoms with Gasteiger partial charge in [0.05, 0.1) is 12.3 Å². The lowest BCUT2D eigenvalue weighted by molar-refractivity contribution is 0.227. The van der Waals surface area contributed by atoms with Crippen LogP contribution in [-0.2, 0) is 18.7 Å². The smallest absolute Gasteiger partial charge is 0.223 e. The van der Waals surface area contributed by atoms with Crippen LogP contribution in [0.2, 0.25) is 0 Å². The highest BCUT2D eigenvalue weighted by Gasteiger charge is 2.24. The van der Waals surface area contributed by atoms with E-state index in [0.717, 1.165) is 25.9 Å². The Hall–Kier alpha value is -1.33. The summed E-state index contributed by atoms with van der Waals surface area (Å²) in [6.45, 7) is 12.3. The van der Waals surface area contributed by atoms with Crippen molar-refractivity contribution in [3.05, 3.63) is 27.7 Å². The maximum Gasteiger partial charge on any atom is 0.223 e. The van der Waals surface area contributed by atoms with Crippen LogP contribution in [0.4, 0.5) is 0 Å². The second-order valence-corrected chi connectivity index (χ2v) is 6.68. The van der Waals surface area contributed by atoms with Crippen molar-refractivity contribution in [2.24, 2.45) is 0 Å². The predicted octanol–water partition coefficient (Wildman–Crippen LogP) is 2.42. The van der Waals surface area contributed by atoms with Gasteiger partial charge < -0.3 is 14.8 Å². The molecule has 0 amide bonds. The summed E-state index contributed by atoms with van der Waals surface area (Å²) >= 11 is 0. The Kier molecular flexibility index (Phi) is 6.63. The molecule has 0 aromatic carbocycles. The predicted molar refractivity (Wildman–Crippen MR) is 89.1 cm³/mol. The van der Waals surface area contributed by atoms with Crippen LogP contribution in [0.15, 0.2) is 10.9 Å². The number of hydrogen-bond acceptors (Lipinski definition) is 4. The fourth-order valence-electron chi connectivity index (χ4n) is 2.75. The first-order chi connectivity index (χ1) is 10.3. The molecule has 0 spiro atoms. The molecule has 5 nitrogen and oxygen atoms in total. The van der Waals surface area contributed by atoms with Gasteiger partial charge in [0.1, 0.15) is 0 Å². The van der Waals surface area contributed by atoms with Gasteiger partial charge in [0.25, 0.3) is 0 Å². The van der Waals surface area contributed by atoms with Crippen molar-refractivity contribution in [3.8, 4) is 5.75 Å². The Balaban J connectivity index is 3.37. The average Bonchev–Trinajstić information content (AvgIpc) is 2.45. The monoisotopic (exact) mass is 310 g/mol. The van der Waals surface area contributed by atoms with Crippen LogP contribution >= 0.6 is 0 Å². The zero-order valence-corrected chi connectivity index (χ0v) is 14.5. The first kappa shape index (κ1) is 18.7. The highest BCUT2D eigenvalue weighted by atomic mass is 16.3. The van der Waals surface area contributed by atoms with Crippen molar-refractivity contribution in [2.45, 2.75) is 66.2 Å². The molecule has 1 aromatic heterocycles. The standard InChI is InChI=1S/C17H30N2O3/c1-6-8-9-18(7-2)11-14-16(22)15(21)10-13(12-20)19(14)17(3,4)5/h10,20,22H,6-9,11-12H2,1-5H3. The third-order valence-corrected chi connectivity index (χ3v) is 3.84. The maximum atomic E-state index is 12.0. The van der Waals surface area contributed by atoms with E-state index in [4.69, 9.17) is 0 Å². The van der Waals surface area contributed by atoms with Crippen molar-refractivity contribution in [2.75, 3.05) is 13.1 Å². The number of unbranched alkanes of at least 4 members (excludes halogenated alkanes) is 1. The lowest BCUT2D eigenvalue weighted by Gasteiger charge is -2.32. The number of aliphatic hydroxyl groups is 1. The Bertz CT molecular complexity index is 544. The van der Waals surface area contributed by atoms with Crippen LogP contribution in [-0.4, -0.2) is 32.8 Å². The zero-order chi connectivity index (χ0) is 16.9. The van der Waals surface area contributed by atoms with Crippen molar-refractivity contribution < 1.29 is 10.2 Å². The molecule has 0 unspecified atom stereocenters. The van der Waals surface area contributed by atoms with Gasteiger partial charge in [0, 0.05) is 23.8 Å². The van der Waals surface area contributed by atoms with Gasteiger partial charge in [-0.1, -0.05) is 20.3 Å². The van der Waals surface area contributed by atoms with Gasteiger partial charge in [-0.3, -0.25) is 9.69 Å². The van der Waals surface area contributed by atoms with Crippen LogP contribution < -0.4 is 5.43 Å². The molecule has 0 saturated carbocycles. The summed E-state index contributed by atoms with van der Waals surface area (Å²) in [5.41, 5.74) is 0.368. The molecule has 1 heterocycles. The number of rotatable bonds is 7. The van der Waals surface area contributed by atoms with E-state index in [1.807, 2.05) is 25.3 Å². The molecule has 1 rings (SSSR count). The second kappa shape index (κ2) is 7.79. The van der Waals surface area contributed by atoms with E-state index < -0.39 is 5.43 Å². The van der Waals surface area contributed by atoms with Crippen LogP contribution in [0.5, 0.6) is 5.75 Å². The SMILES string of the molecule is CCCCN(CC)Cc1c(O)c(=O)cc(CO)n1C(C)(C)C. The number of aliphatic hydroxyl groups excluding tert-OH is 1. The molecule has 22 heavy (non-hydrogen) atoms. The summed E-state index contributed by atoms with van der Waals surface area (Å²) < 4.78 is 1.89. The van der Waals surface area contributed by atoms with E-state index in [0.29, 0.717) is 17.9 Å². The van der Waals surface area contributed by atoms with Crippen molar-refractivity contribution in [3.63, 3.8) is 0 Å². The van der Waals surface area contributed by atoms with Gasteiger partial charge in [-0.2, -0.15) is 0 Å². The number of aromatic hydroxyl groups is 1. The molecule has 0 saturated heterocycles. The van der Waals surface area contributed by atoms with E-state index in [2.05, 4.69) is 18.7 Å². The molecule has 0 aliphatic carbocycles. The quantitative estimate of drug-likeness (QED) is 0.812. The lowest BCUT2D eigenvalue weighted by atomic mass is 10.0. The molecule has 126 valence electrons. The highest BCUT2D eigenvalue weighted by Crippen LogP contribution is 2.25. The summed E-state index contributed by atoms with van der Waals surface area (Å²) in [6, 6.07) is 1.33. The van der Waals surface area contributed by atoms with E-state index in [1.165, 1.54) is 6.07 Å². The van der Waals surface area contributed by atoms with E-state index in [1.54, 1.807) is 0 Å². The highest BCUT2D eigenvalue weighted by molar-refractivity contribution is 5.31.